The molecule has 35 heavy (non-hydrogen) atoms. The van der Waals surface area contributed by atoms with E-state index in [1.54, 1.807) is 28.3 Å². The van der Waals surface area contributed by atoms with Crippen molar-refractivity contribution >= 4 is 29.0 Å². The third kappa shape index (κ3) is 4.19. The second kappa shape index (κ2) is 8.99. The van der Waals surface area contributed by atoms with Gasteiger partial charge in [-0.15, -0.1) is 0 Å². The lowest BCUT2D eigenvalue weighted by Crippen LogP contribution is -2.40. The summed E-state index contributed by atoms with van der Waals surface area (Å²) in [4.78, 5) is 32.4. The molecule has 4 heterocycles. The Bertz CT molecular complexity index is 1650. The number of nitrogens with one attached hydrogen (secondary N) is 1. The second-order valence-corrected chi connectivity index (χ2v) is 9.40. The standard InChI is InChI=1S/C26H25N5O3S/c1-5-30-13-12-18(29-30)14-21-25(33)31-23(20-11-10-16(3)34-20)22(17(4)27-26(31)35-21)24(32)28-19-9-7-6-8-15(19)2/h6-14,23H,5H2,1-4H3,(H,28,32). The number of fused-ring (bicyclic) bond motifs is 1. The highest BCUT2D eigenvalue weighted by atomic mass is 32.1. The fourth-order valence-corrected chi connectivity index (χ4v) is 5.18. The average Bonchev–Trinajstić information content (AvgIpc) is 3.54. The van der Waals surface area contributed by atoms with Gasteiger partial charge in [0.1, 0.15) is 17.6 Å². The highest BCUT2D eigenvalue weighted by molar-refractivity contribution is 7.07. The minimum atomic E-state index is -0.737. The van der Waals surface area contributed by atoms with E-state index in [0.717, 1.165) is 12.1 Å². The van der Waals surface area contributed by atoms with Crippen molar-refractivity contribution in [3.05, 3.63) is 102 Å². The third-order valence-corrected chi connectivity index (χ3v) is 6.94. The molecule has 1 unspecified atom stereocenters. The number of rotatable bonds is 5. The number of benzene rings is 1. The van der Waals surface area contributed by atoms with Gasteiger partial charge < -0.3 is 9.73 Å². The maximum absolute atomic E-state index is 13.6. The van der Waals surface area contributed by atoms with E-state index in [4.69, 9.17) is 4.42 Å². The minimum absolute atomic E-state index is 0.243. The molecule has 4 aromatic rings. The number of anilines is 1. The molecule has 1 aromatic carbocycles. The van der Waals surface area contributed by atoms with Crippen molar-refractivity contribution in [1.82, 2.24) is 14.3 Å². The summed E-state index contributed by atoms with van der Waals surface area (Å²) >= 11 is 1.27. The van der Waals surface area contributed by atoms with Crippen molar-refractivity contribution in [2.45, 2.75) is 40.3 Å². The largest absolute Gasteiger partial charge is 0.464 e. The lowest BCUT2D eigenvalue weighted by Gasteiger charge is -2.23. The number of aryl methyl sites for hydroxylation is 3. The van der Waals surface area contributed by atoms with E-state index in [0.29, 0.717) is 43.5 Å². The lowest BCUT2D eigenvalue weighted by atomic mass is 10.00. The number of furan rings is 1. The molecule has 1 amide bonds. The van der Waals surface area contributed by atoms with Gasteiger partial charge in [-0.2, -0.15) is 5.10 Å². The average molecular weight is 488 g/mol. The highest BCUT2D eigenvalue weighted by Gasteiger charge is 2.34. The SMILES string of the molecule is CCn1ccc(C=c2sc3n(c2=O)C(c2ccc(C)o2)C(C(=O)Nc2ccccc2C)=C(C)N=3)n1. The lowest BCUT2D eigenvalue weighted by molar-refractivity contribution is -0.113. The quantitative estimate of drug-likeness (QED) is 0.467. The Hall–Kier alpha value is -3.98. The molecule has 9 heteroatoms. The summed E-state index contributed by atoms with van der Waals surface area (Å²) in [5.74, 6) is 0.880. The van der Waals surface area contributed by atoms with Crippen LogP contribution in [0.15, 0.2) is 74.1 Å². The first-order chi connectivity index (χ1) is 16.9. The predicted molar refractivity (Wildman–Crippen MR) is 135 cm³/mol. The van der Waals surface area contributed by atoms with Gasteiger partial charge in [0.25, 0.3) is 11.5 Å². The molecular weight excluding hydrogens is 462 g/mol. The first-order valence-corrected chi connectivity index (χ1v) is 12.2. The molecule has 1 aliphatic rings. The van der Waals surface area contributed by atoms with Gasteiger partial charge in [0.2, 0.25) is 0 Å². The first-order valence-electron chi connectivity index (χ1n) is 11.3. The molecule has 1 N–H and O–H groups in total. The normalized spacial score (nSPS) is 15.8. The topological polar surface area (TPSA) is 94.4 Å². The maximum atomic E-state index is 13.6. The second-order valence-electron chi connectivity index (χ2n) is 8.40. The smallest absolute Gasteiger partial charge is 0.271 e. The van der Waals surface area contributed by atoms with E-state index in [2.05, 4.69) is 15.4 Å². The number of amides is 1. The molecule has 3 aromatic heterocycles. The third-order valence-electron chi connectivity index (χ3n) is 5.95. The summed E-state index contributed by atoms with van der Waals surface area (Å²) in [7, 11) is 0. The first kappa shape index (κ1) is 22.8. The van der Waals surface area contributed by atoms with Crippen molar-refractivity contribution in [2.24, 2.45) is 4.99 Å². The number of carbonyl (C=O) groups excluding carboxylic acids is 1. The van der Waals surface area contributed by atoms with E-state index in [1.807, 2.05) is 63.4 Å². The van der Waals surface area contributed by atoms with E-state index in [9.17, 15) is 9.59 Å². The van der Waals surface area contributed by atoms with Crippen LogP contribution in [0.5, 0.6) is 0 Å². The number of carbonyl (C=O) groups is 1. The number of para-hydroxylation sites is 1. The van der Waals surface area contributed by atoms with Crippen LogP contribution >= 0.6 is 11.3 Å². The number of aromatic nitrogens is 3. The zero-order valence-corrected chi connectivity index (χ0v) is 20.7. The predicted octanol–water partition coefficient (Wildman–Crippen LogP) is 3.30. The Morgan fingerprint density at radius 1 is 1.17 bits per heavy atom. The molecule has 8 nitrogen and oxygen atoms in total. The molecule has 0 spiro atoms. The molecule has 0 bridgehead atoms. The summed E-state index contributed by atoms with van der Waals surface area (Å²) in [6.45, 7) is 8.29. The molecule has 0 saturated heterocycles. The molecular formula is C26H25N5O3S. The van der Waals surface area contributed by atoms with Crippen LogP contribution in [0.4, 0.5) is 5.69 Å². The van der Waals surface area contributed by atoms with Gasteiger partial charge in [0.05, 0.1) is 21.5 Å². The maximum Gasteiger partial charge on any atom is 0.271 e. The molecule has 0 radical (unpaired) electrons. The summed E-state index contributed by atoms with van der Waals surface area (Å²) in [6.07, 6.45) is 3.63. The Morgan fingerprint density at radius 3 is 2.66 bits per heavy atom. The van der Waals surface area contributed by atoms with Crippen LogP contribution in [0.1, 0.15) is 42.7 Å². The molecule has 1 aliphatic heterocycles. The van der Waals surface area contributed by atoms with Gasteiger partial charge in [-0.1, -0.05) is 29.5 Å². The van der Waals surface area contributed by atoms with Crippen LogP contribution in [-0.2, 0) is 11.3 Å². The number of hydrogen-bond acceptors (Lipinski definition) is 6. The Labute approximate surface area is 205 Å². The molecule has 0 fully saturated rings. The Balaban J connectivity index is 1.65. The Morgan fingerprint density at radius 2 is 1.97 bits per heavy atom. The van der Waals surface area contributed by atoms with Crippen LogP contribution in [0.25, 0.3) is 6.08 Å². The molecule has 0 saturated carbocycles. The van der Waals surface area contributed by atoms with Crippen molar-refractivity contribution in [1.29, 1.82) is 0 Å². The van der Waals surface area contributed by atoms with Crippen molar-refractivity contribution in [3.8, 4) is 0 Å². The van der Waals surface area contributed by atoms with Crippen LogP contribution in [0.3, 0.4) is 0 Å². The van der Waals surface area contributed by atoms with E-state index in [1.165, 1.54) is 11.3 Å². The Kier molecular flexibility index (Phi) is 5.86. The fraction of sp³-hybridized carbons (Fsp3) is 0.231. The molecule has 0 aliphatic carbocycles. The monoisotopic (exact) mass is 487 g/mol. The summed E-state index contributed by atoms with van der Waals surface area (Å²) in [5.41, 5.74) is 3.00. The molecule has 5 rings (SSSR count). The van der Waals surface area contributed by atoms with Crippen LogP contribution in [0, 0.1) is 13.8 Å². The summed E-state index contributed by atoms with van der Waals surface area (Å²) in [5, 5.41) is 7.45. The molecule has 178 valence electrons. The minimum Gasteiger partial charge on any atom is -0.464 e. The van der Waals surface area contributed by atoms with Gasteiger partial charge in [-0.3, -0.25) is 18.8 Å². The van der Waals surface area contributed by atoms with E-state index in [-0.39, 0.29) is 11.5 Å². The van der Waals surface area contributed by atoms with Crippen molar-refractivity contribution < 1.29 is 9.21 Å². The number of thiazole rings is 1. The number of nitrogens with zero attached hydrogens (tertiary/aromatic N) is 4. The summed E-state index contributed by atoms with van der Waals surface area (Å²) < 4.78 is 9.79. The van der Waals surface area contributed by atoms with Crippen LogP contribution < -0.4 is 20.2 Å². The van der Waals surface area contributed by atoms with E-state index < -0.39 is 6.04 Å². The highest BCUT2D eigenvalue weighted by Crippen LogP contribution is 2.32. The number of allylic oxidation sites excluding steroid dienone is 1. The summed E-state index contributed by atoms with van der Waals surface area (Å²) in [6, 6.07) is 12.3. The van der Waals surface area contributed by atoms with Crippen LogP contribution in [0.2, 0.25) is 0 Å². The van der Waals surface area contributed by atoms with Gasteiger partial charge in [-0.05, 0) is 63.6 Å². The zero-order chi connectivity index (χ0) is 24.7. The zero-order valence-electron chi connectivity index (χ0n) is 19.9. The van der Waals surface area contributed by atoms with Crippen LogP contribution in [-0.4, -0.2) is 20.3 Å². The fourth-order valence-electron chi connectivity index (χ4n) is 4.15. The van der Waals surface area contributed by atoms with Gasteiger partial charge >= 0.3 is 0 Å². The van der Waals surface area contributed by atoms with Crippen molar-refractivity contribution in [3.63, 3.8) is 0 Å². The van der Waals surface area contributed by atoms with Gasteiger partial charge in [-0.25, -0.2) is 4.99 Å². The molecule has 1 atom stereocenters. The van der Waals surface area contributed by atoms with E-state index >= 15 is 0 Å². The van der Waals surface area contributed by atoms with Crippen molar-refractivity contribution in [2.75, 3.05) is 5.32 Å². The van der Waals surface area contributed by atoms with Gasteiger partial charge in [0.15, 0.2) is 4.80 Å². The number of hydrogen-bond donors (Lipinski definition) is 1. The van der Waals surface area contributed by atoms with Gasteiger partial charge in [0, 0.05) is 18.4 Å².